The lowest BCUT2D eigenvalue weighted by Crippen LogP contribution is -2.21. The minimum Gasteiger partial charge on any atom is -0.504 e. The highest BCUT2D eigenvalue weighted by molar-refractivity contribution is 9.10. The van der Waals surface area contributed by atoms with Crippen molar-refractivity contribution in [1.29, 1.82) is 0 Å². The summed E-state index contributed by atoms with van der Waals surface area (Å²) in [7, 11) is 1.39. The average Bonchev–Trinajstić information content (AvgIpc) is 3.06. The summed E-state index contributed by atoms with van der Waals surface area (Å²) in [6.07, 6.45) is 1.85. The lowest BCUT2D eigenvalue weighted by molar-refractivity contribution is 0.355. The molecule has 0 radical (unpaired) electrons. The van der Waals surface area contributed by atoms with E-state index in [1.54, 1.807) is 6.07 Å². The van der Waals surface area contributed by atoms with E-state index in [-0.39, 0.29) is 11.2 Å². The van der Waals surface area contributed by atoms with E-state index in [1.807, 2.05) is 0 Å². The van der Waals surface area contributed by atoms with Crippen LogP contribution in [0.4, 0.5) is 4.39 Å². The Morgan fingerprint density at radius 2 is 2.25 bits per heavy atom. The number of benzene rings is 1. The van der Waals surface area contributed by atoms with Gasteiger partial charge in [-0.15, -0.1) is 0 Å². The molecule has 0 amide bonds. The van der Waals surface area contributed by atoms with Crippen molar-refractivity contribution in [2.45, 2.75) is 18.3 Å². The van der Waals surface area contributed by atoms with Crippen LogP contribution in [-0.4, -0.2) is 18.8 Å². The summed E-state index contributed by atoms with van der Waals surface area (Å²) >= 11 is 3.12. The lowest BCUT2D eigenvalue weighted by Gasteiger charge is -2.18. The van der Waals surface area contributed by atoms with Crippen LogP contribution in [-0.2, 0) is 5.41 Å². The van der Waals surface area contributed by atoms with Crippen LogP contribution >= 0.6 is 15.9 Å². The van der Waals surface area contributed by atoms with E-state index in [2.05, 4.69) is 15.9 Å². The first-order valence-corrected chi connectivity index (χ1v) is 5.80. The first-order valence-electron chi connectivity index (χ1n) is 5.01. The van der Waals surface area contributed by atoms with Gasteiger partial charge in [0.2, 0.25) is 5.82 Å². The number of hydrogen-bond donors (Lipinski definition) is 2. The average molecular weight is 290 g/mol. The first-order chi connectivity index (χ1) is 7.55. The van der Waals surface area contributed by atoms with Crippen LogP contribution in [0.5, 0.6) is 11.5 Å². The van der Waals surface area contributed by atoms with Gasteiger partial charge in [-0.3, -0.25) is 0 Å². The van der Waals surface area contributed by atoms with Crippen molar-refractivity contribution < 1.29 is 14.2 Å². The Bertz CT molecular complexity index is 432. The van der Waals surface area contributed by atoms with Crippen LogP contribution in [0.25, 0.3) is 0 Å². The highest BCUT2D eigenvalue weighted by Crippen LogP contribution is 2.53. The molecule has 0 aromatic heterocycles. The summed E-state index contributed by atoms with van der Waals surface area (Å²) in [4.78, 5) is 0. The molecule has 0 saturated heterocycles. The molecule has 0 heterocycles. The molecule has 5 heteroatoms. The van der Waals surface area contributed by atoms with Gasteiger partial charge in [-0.05, 0) is 34.8 Å². The maximum absolute atomic E-state index is 13.8. The zero-order valence-electron chi connectivity index (χ0n) is 8.89. The molecule has 1 aromatic carbocycles. The molecule has 16 heavy (non-hydrogen) atoms. The molecule has 0 spiro atoms. The van der Waals surface area contributed by atoms with Crippen molar-refractivity contribution in [2.75, 3.05) is 13.7 Å². The number of ether oxygens (including phenoxy) is 1. The molecule has 0 aliphatic heterocycles. The van der Waals surface area contributed by atoms with E-state index in [4.69, 9.17) is 10.5 Å². The van der Waals surface area contributed by atoms with Crippen LogP contribution in [0.15, 0.2) is 10.5 Å². The van der Waals surface area contributed by atoms with Crippen LogP contribution in [0.2, 0.25) is 0 Å². The summed E-state index contributed by atoms with van der Waals surface area (Å²) in [5.74, 6) is -1.05. The van der Waals surface area contributed by atoms with Crippen molar-refractivity contribution >= 4 is 15.9 Å². The normalized spacial score (nSPS) is 17.2. The molecule has 1 aromatic rings. The summed E-state index contributed by atoms with van der Waals surface area (Å²) < 4.78 is 19.1. The van der Waals surface area contributed by atoms with Crippen molar-refractivity contribution in [3.8, 4) is 11.5 Å². The van der Waals surface area contributed by atoms with Gasteiger partial charge < -0.3 is 15.6 Å². The maximum Gasteiger partial charge on any atom is 0.208 e. The topological polar surface area (TPSA) is 55.5 Å². The molecule has 1 aliphatic carbocycles. The van der Waals surface area contributed by atoms with E-state index < -0.39 is 11.6 Å². The van der Waals surface area contributed by atoms with Gasteiger partial charge in [0.1, 0.15) is 0 Å². The molecular formula is C11H13BrFNO2. The Hall–Kier alpha value is -0.810. The summed E-state index contributed by atoms with van der Waals surface area (Å²) in [5.41, 5.74) is 6.26. The van der Waals surface area contributed by atoms with Crippen LogP contribution in [0.3, 0.4) is 0 Å². The van der Waals surface area contributed by atoms with E-state index in [1.165, 1.54) is 7.11 Å². The minimum atomic E-state index is -0.730. The summed E-state index contributed by atoms with van der Waals surface area (Å²) in [6.45, 7) is 0.458. The predicted molar refractivity (Wildman–Crippen MR) is 62.3 cm³/mol. The van der Waals surface area contributed by atoms with Gasteiger partial charge in [0.25, 0.3) is 0 Å². The SMILES string of the molecule is COc1c(C2(CN)CC2)cc(Br)c(O)c1F. The van der Waals surface area contributed by atoms with E-state index in [9.17, 15) is 9.50 Å². The molecule has 1 aliphatic rings. The second-order valence-electron chi connectivity index (χ2n) is 4.09. The first kappa shape index (κ1) is 11.7. The lowest BCUT2D eigenvalue weighted by atomic mass is 9.94. The zero-order valence-corrected chi connectivity index (χ0v) is 10.5. The zero-order chi connectivity index (χ0) is 11.9. The van der Waals surface area contributed by atoms with Crippen molar-refractivity contribution in [2.24, 2.45) is 5.73 Å². The Kier molecular flexibility index (Phi) is 2.84. The molecule has 3 N–H and O–H groups in total. The second-order valence-corrected chi connectivity index (χ2v) is 4.94. The fourth-order valence-corrected chi connectivity index (χ4v) is 2.32. The van der Waals surface area contributed by atoms with Gasteiger partial charge in [-0.25, -0.2) is 0 Å². The standard InChI is InChI=1S/C11H13BrFNO2/c1-16-10-6(11(5-14)2-3-11)4-7(12)9(15)8(10)13/h4,15H,2-3,5,14H2,1H3. The number of aromatic hydroxyl groups is 1. The number of phenolic OH excluding ortho intramolecular Hbond substituents is 1. The maximum atomic E-state index is 13.8. The summed E-state index contributed by atoms with van der Waals surface area (Å²) in [5, 5.41) is 9.47. The highest BCUT2D eigenvalue weighted by atomic mass is 79.9. The Morgan fingerprint density at radius 3 is 2.69 bits per heavy atom. The third-order valence-corrected chi connectivity index (χ3v) is 3.77. The molecular weight excluding hydrogens is 277 g/mol. The fourth-order valence-electron chi connectivity index (χ4n) is 1.92. The van der Waals surface area contributed by atoms with Gasteiger partial charge in [0.05, 0.1) is 11.6 Å². The Labute approximate surface area is 102 Å². The summed E-state index contributed by atoms with van der Waals surface area (Å²) in [6, 6.07) is 1.69. The second kappa shape index (κ2) is 3.89. The van der Waals surface area contributed by atoms with Gasteiger partial charge in [0, 0.05) is 17.5 Å². The third kappa shape index (κ3) is 1.58. The minimum absolute atomic E-state index is 0.101. The smallest absolute Gasteiger partial charge is 0.208 e. The molecule has 3 nitrogen and oxygen atoms in total. The number of methoxy groups -OCH3 is 1. The molecule has 0 atom stereocenters. The van der Waals surface area contributed by atoms with Crippen LogP contribution in [0.1, 0.15) is 18.4 Å². The van der Waals surface area contributed by atoms with E-state index >= 15 is 0 Å². The molecule has 1 saturated carbocycles. The molecule has 2 rings (SSSR count). The largest absolute Gasteiger partial charge is 0.504 e. The molecule has 1 fully saturated rings. The quantitative estimate of drug-likeness (QED) is 0.898. The number of halogens is 2. The monoisotopic (exact) mass is 289 g/mol. The molecule has 0 unspecified atom stereocenters. The third-order valence-electron chi connectivity index (χ3n) is 3.17. The predicted octanol–water partition coefficient (Wildman–Crippen LogP) is 2.29. The Balaban J connectivity index is 2.61. The Morgan fingerprint density at radius 1 is 1.62 bits per heavy atom. The highest BCUT2D eigenvalue weighted by Gasteiger charge is 2.46. The molecule has 88 valence electrons. The number of hydrogen-bond acceptors (Lipinski definition) is 3. The number of phenols is 1. The van der Waals surface area contributed by atoms with Gasteiger partial charge in [0.15, 0.2) is 11.5 Å². The van der Waals surface area contributed by atoms with E-state index in [0.717, 1.165) is 18.4 Å². The van der Waals surface area contributed by atoms with Crippen LogP contribution in [0, 0.1) is 5.82 Å². The number of nitrogens with two attached hydrogens (primary N) is 1. The van der Waals surface area contributed by atoms with Crippen molar-refractivity contribution in [3.05, 3.63) is 21.9 Å². The number of rotatable bonds is 3. The van der Waals surface area contributed by atoms with E-state index in [0.29, 0.717) is 11.0 Å². The van der Waals surface area contributed by atoms with Gasteiger partial charge >= 0.3 is 0 Å². The van der Waals surface area contributed by atoms with Crippen molar-refractivity contribution in [1.82, 2.24) is 0 Å². The fraction of sp³-hybridized carbons (Fsp3) is 0.455. The van der Waals surface area contributed by atoms with Crippen LogP contribution < -0.4 is 10.5 Å². The van der Waals surface area contributed by atoms with Gasteiger partial charge in [-0.1, -0.05) is 0 Å². The van der Waals surface area contributed by atoms with Crippen molar-refractivity contribution in [3.63, 3.8) is 0 Å². The van der Waals surface area contributed by atoms with Gasteiger partial charge in [-0.2, -0.15) is 4.39 Å². The molecule has 0 bridgehead atoms.